The van der Waals surface area contributed by atoms with Gasteiger partial charge in [-0.2, -0.15) is 0 Å². The van der Waals surface area contributed by atoms with Crippen LogP contribution in [0.5, 0.6) is 0 Å². The molecule has 11 heteroatoms. The number of hydrogen-bond acceptors (Lipinski definition) is 8. The molecule has 0 aromatic carbocycles. The molecule has 0 aliphatic carbocycles. The van der Waals surface area contributed by atoms with Gasteiger partial charge in [0.15, 0.2) is 0 Å². The van der Waals surface area contributed by atoms with E-state index in [1.54, 1.807) is 6.92 Å². The molecule has 198 valence electrons. The standard InChI is InChI=1S/C9H19NO4S.2C7H14O2.Na/c1-5-7(2)8(11)10-9(3,4)6-15(12,13)14;1-5-7(2,3)6(8)9-4;1-4-6(3)7(8)9-5-2;/h7H,5-6H2,1-4H3,(H,10,11)(H,12,13,14);5H2,1-4H3;6H,4-5H2,1-3H3;/q;;;+1/p-1. The summed E-state index contributed by atoms with van der Waals surface area (Å²) in [5, 5.41) is 2.55. The number of ether oxygens (including phenoxy) is 2. The van der Waals surface area contributed by atoms with Gasteiger partial charge in [0.2, 0.25) is 5.91 Å². The molecule has 0 aromatic rings. The minimum Gasteiger partial charge on any atom is -0.748 e. The first kappa shape index (κ1) is 40.5. The maximum Gasteiger partial charge on any atom is 1.00 e. The van der Waals surface area contributed by atoms with Crippen molar-refractivity contribution in [3.05, 3.63) is 0 Å². The molecule has 0 aliphatic heterocycles. The number of esters is 2. The van der Waals surface area contributed by atoms with Crippen LogP contribution in [0.4, 0.5) is 0 Å². The van der Waals surface area contributed by atoms with Crippen LogP contribution in [0.15, 0.2) is 0 Å². The molecular weight excluding hydrogens is 473 g/mol. The van der Waals surface area contributed by atoms with Gasteiger partial charge in [-0.1, -0.05) is 34.6 Å². The molecule has 0 heterocycles. The van der Waals surface area contributed by atoms with Crippen molar-refractivity contribution in [3.8, 4) is 0 Å². The van der Waals surface area contributed by atoms with E-state index in [0.29, 0.717) is 13.0 Å². The van der Waals surface area contributed by atoms with Crippen molar-refractivity contribution in [2.24, 2.45) is 17.3 Å². The molecule has 1 amide bonds. The number of methoxy groups -OCH3 is 1. The SMILES string of the molecule is CCC(C)(C)C(=O)OC.CCC(C)C(=O)NC(C)(C)CS(=O)(=O)[O-].CCOC(=O)C(C)CC.[Na+]. The van der Waals surface area contributed by atoms with Crippen molar-refractivity contribution in [2.45, 2.75) is 94.0 Å². The number of rotatable bonds is 10. The van der Waals surface area contributed by atoms with Crippen LogP contribution >= 0.6 is 0 Å². The zero-order valence-corrected chi connectivity index (χ0v) is 26.2. The Balaban J connectivity index is -0.000000207. The first-order valence-corrected chi connectivity index (χ1v) is 12.9. The second-order valence-electron chi connectivity index (χ2n) is 9.17. The molecule has 0 fully saturated rings. The fourth-order valence-electron chi connectivity index (χ4n) is 1.99. The van der Waals surface area contributed by atoms with Crippen LogP contribution in [0.25, 0.3) is 0 Å². The van der Waals surface area contributed by atoms with E-state index in [1.807, 2.05) is 48.5 Å². The third-order valence-electron chi connectivity index (χ3n) is 4.98. The summed E-state index contributed by atoms with van der Waals surface area (Å²) in [5.41, 5.74) is -1.32. The van der Waals surface area contributed by atoms with Crippen molar-refractivity contribution in [1.82, 2.24) is 5.32 Å². The topological polar surface area (TPSA) is 139 Å². The molecule has 2 unspecified atom stereocenters. The Morgan fingerprint density at radius 3 is 1.65 bits per heavy atom. The largest absolute Gasteiger partial charge is 1.00 e. The Labute approximate surface area is 229 Å². The quantitative estimate of drug-likeness (QED) is 0.252. The number of amides is 1. The maximum absolute atomic E-state index is 11.5. The van der Waals surface area contributed by atoms with Crippen LogP contribution in [0, 0.1) is 17.3 Å². The van der Waals surface area contributed by atoms with E-state index in [-0.39, 0.29) is 64.7 Å². The fourth-order valence-corrected chi connectivity index (χ4v) is 2.95. The van der Waals surface area contributed by atoms with Crippen molar-refractivity contribution in [1.29, 1.82) is 0 Å². The second-order valence-corrected chi connectivity index (χ2v) is 10.6. The number of nitrogens with one attached hydrogen (secondary N) is 1. The minimum absolute atomic E-state index is 0. The van der Waals surface area contributed by atoms with Gasteiger partial charge < -0.3 is 19.3 Å². The summed E-state index contributed by atoms with van der Waals surface area (Å²) in [6.45, 7) is 18.5. The van der Waals surface area contributed by atoms with Crippen LogP contribution in [-0.2, 0) is 34.0 Å². The van der Waals surface area contributed by atoms with Crippen LogP contribution in [0.2, 0.25) is 0 Å². The van der Waals surface area contributed by atoms with Gasteiger partial charge in [-0.15, -0.1) is 0 Å². The van der Waals surface area contributed by atoms with Crippen LogP contribution in [0.1, 0.15) is 88.5 Å². The minimum atomic E-state index is -4.32. The van der Waals surface area contributed by atoms with E-state index < -0.39 is 21.4 Å². The Bertz CT molecular complexity index is 693. The normalized spacial score (nSPS) is 12.8. The van der Waals surface area contributed by atoms with Gasteiger partial charge >= 0.3 is 41.5 Å². The number of hydrogen-bond donors (Lipinski definition) is 1. The molecule has 1 N–H and O–H groups in total. The molecule has 0 spiro atoms. The van der Waals surface area contributed by atoms with Gasteiger partial charge in [-0.25, -0.2) is 8.42 Å². The van der Waals surface area contributed by atoms with E-state index in [2.05, 4.69) is 10.1 Å². The first-order chi connectivity index (χ1) is 14.8. The van der Waals surface area contributed by atoms with Crippen LogP contribution in [0.3, 0.4) is 0 Å². The Kier molecular flexibility index (Phi) is 23.2. The number of carbonyl (C=O) groups is 3. The van der Waals surface area contributed by atoms with Gasteiger partial charge in [-0.3, -0.25) is 14.4 Å². The second kappa shape index (κ2) is 19.5. The van der Waals surface area contributed by atoms with Crippen molar-refractivity contribution >= 4 is 28.0 Å². The Morgan fingerprint density at radius 2 is 1.38 bits per heavy atom. The predicted octanol–water partition coefficient (Wildman–Crippen LogP) is 0.668. The number of carbonyl (C=O) groups excluding carboxylic acids is 3. The summed E-state index contributed by atoms with van der Waals surface area (Å²) in [5.74, 6) is -1.16. The Morgan fingerprint density at radius 1 is 0.941 bits per heavy atom. The van der Waals surface area contributed by atoms with Gasteiger partial charge in [0.05, 0.1) is 40.9 Å². The van der Waals surface area contributed by atoms with E-state index in [0.717, 1.165) is 12.8 Å². The van der Waals surface area contributed by atoms with Crippen LogP contribution in [-0.4, -0.2) is 55.8 Å². The third kappa shape index (κ3) is 21.8. The van der Waals surface area contributed by atoms with Crippen molar-refractivity contribution in [2.75, 3.05) is 19.5 Å². The maximum atomic E-state index is 11.5. The molecule has 0 saturated carbocycles. The smallest absolute Gasteiger partial charge is 0.748 e. The van der Waals surface area contributed by atoms with E-state index in [4.69, 9.17) is 4.74 Å². The van der Waals surface area contributed by atoms with Crippen molar-refractivity contribution < 1.29 is 66.4 Å². The molecule has 0 bridgehead atoms. The summed E-state index contributed by atoms with van der Waals surface area (Å²) in [6, 6.07) is 0. The summed E-state index contributed by atoms with van der Waals surface area (Å²) >= 11 is 0. The van der Waals surface area contributed by atoms with Gasteiger partial charge in [0.1, 0.15) is 0 Å². The summed E-state index contributed by atoms with van der Waals surface area (Å²) in [7, 11) is -2.91. The summed E-state index contributed by atoms with van der Waals surface area (Å²) in [6.07, 6.45) is 2.35. The summed E-state index contributed by atoms with van der Waals surface area (Å²) in [4.78, 5) is 33.1. The van der Waals surface area contributed by atoms with Crippen LogP contribution < -0.4 is 34.9 Å². The molecule has 0 saturated heterocycles. The zero-order chi connectivity index (χ0) is 27.0. The van der Waals surface area contributed by atoms with E-state index in [1.165, 1.54) is 21.0 Å². The van der Waals surface area contributed by atoms with Gasteiger partial charge in [0.25, 0.3) is 0 Å². The molecule has 0 aliphatic rings. The molecule has 0 radical (unpaired) electrons. The first-order valence-electron chi connectivity index (χ1n) is 11.3. The van der Waals surface area contributed by atoms with Crippen molar-refractivity contribution in [3.63, 3.8) is 0 Å². The molecular formula is C23H46NNaO8S. The Hall–Kier alpha value is -0.680. The average molecular weight is 520 g/mol. The predicted molar refractivity (Wildman–Crippen MR) is 128 cm³/mol. The zero-order valence-electron chi connectivity index (χ0n) is 23.4. The monoisotopic (exact) mass is 519 g/mol. The van der Waals surface area contributed by atoms with E-state index >= 15 is 0 Å². The van der Waals surface area contributed by atoms with Gasteiger partial charge in [0, 0.05) is 11.5 Å². The average Bonchev–Trinajstić information content (AvgIpc) is 2.70. The molecule has 34 heavy (non-hydrogen) atoms. The fraction of sp³-hybridized carbons (Fsp3) is 0.870. The third-order valence-corrected chi connectivity index (χ3v) is 6.06. The van der Waals surface area contributed by atoms with E-state index in [9.17, 15) is 27.4 Å². The summed E-state index contributed by atoms with van der Waals surface area (Å²) < 4.78 is 41.0. The molecule has 0 aromatic heterocycles. The molecule has 2 atom stereocenters. The molecule has 9 nitrogen and oxygen atoms in total. The van der Waals surface area contributed by atoms with Gasteiger partial charge in [-0.05, 0) is 53.9 Å². The molecule has 0 rings (SSSR count).